The normalized spacial score (nSPS) is 10.6. The Balaban J connectivity index is 3.06. The lowest BCUT2D eigenvalue weighted by molar-refractivity contribution is 0.0695. The molecule has 0 aliphatic carbocycles. The molecule has 0 fully saturated rings. The Hall–Kier alpha value is -1.18. The summed E-state index contributed by atoms with van der Waals surface area (Å²) in [7, 11) is 3.13. The summed E-state index contributed by atoms with van der Waals surface area (Å²) >= 11 is 2.99. The highest BCUT2D eigenvalue weighted by Gasteiger charge is 2.19. The van der Waals surface area contributed by atoms with E-state index >= 15 is 0 Å². The Morgan fingerprint density at radius 3 is 2.30 bits per heavy atom. The first-order valence-corrected chi connectivity index (χ1v) is 6.76. The van der Waals surface area contributed by atoms with Crippen LogP contribution in [0.5, 0.6) is 0 Å². The number of methoxy groups -OCH3 is 2. The summed E-state index contributed by atoms with van der Waals surface area (Å²) in [4.78, 5) is 12.7. The van der Waals surface area contributed by atoms with Gasteiger partial charge >= 0.3 is 5.97 Å². The smallest absolute Gasteiger partial charge is 0.336 e. The van der Waals surface area contributed by atoms with Crippen LogP contribution < -0.4 is 4.90 Å². The van der Waals surface area contributed by atoms with E-state index in [-0.39, 0.29) is 10.0 Å². The van der Waals surface area contributed by atoms with Crippen molar-refractivity contribution in [1.29, 1.82) is 0 Å². The number of carboxylic acids is 1. The van der Waals surface area contributed by atoms with E-state index in [0.29, 0.717) is 32.0 Å². The number of nitrogens with zero attached hydrogens (tertiary/aromatic N) is 1. The van der Waals surface area contributed by atoms with E-state index in [1.807, 2.05) is 0 Å². The predicted molar refractivity (Wildman–Crippen MR) is 77.0 cm³/mol. The van der Waals surface area contributed by atoms with Crippen LogP contribution in [-0.4, -0.2) is 51.6 Å². The van der Waals surface area contributed by atoms with Crippen molar-refractivity contribution in [1.82, 2.24) is 0 Å². The van der Waals surface area contributed by atoms with Gasteiger partial charge in [-0.25, -0.2) is 9.18 Å². The molecule has 0 aliphatic rings. The van der Waals surface area contributed by atoms with Gasteiger partial charge in [0.05, 0.1) is 28.9 Å². The van der Waals surface area contributed by atoms with E-state index in [1.54, 1.807) is 19.1 Å². The number of hydrogen-bond acceptors (Lipinski definition) is 4. The van der Waals surface area contributed by atoms with Gasteiger partial charge in [0.2, 0.25) is 0 Å². The Bertz CT molecular complexity index is 462. The van der Waals surface area contributed by atoms with E-state index < -0.39 is 11.8 Å². The third kappa shape index (κ3) is 4.16. The maximum atomic E-state index is 14.3. The minimum atomic E-state index is -1.18. The van der Waals surface area contributed by atoms with E-state index in [2.05, 4.69) is 15.9 Å². The first kappa shape index (κ1) is 16.9. The van der Waals surface area contributed by atoms with Crippen molar-refractivity contribution < 1.29 is 23.8 Å². The molecule has 0 amide bonds. The molecule has 0 atom stereocenters. The van der Waals surface area contributed by atoms with Crippen LogP contribution in [0, 0.1) is 5.82 Å². The monoisotopic (exact) mass is 349 g/mol. The maximum Gasteiger partial charge on any atom is 0.336 e. The van der Waals surface area contributed by atoms with Gasteiger partial charge in [-0.05, 0) is 28.1 Å². The molecular formula is C13H17BrFNO4. The maximum absolute atomic E-state index is 14.3. The molecule has 112 valence electrons. The molecule has 1 N–H and O–H groups in total. The summed E-state index contributed by atoms with van der Waals surface area (Å²) in [6.07, 6.45) is 0. The van der Waals surface area contributed by atoms with E-state index in [1.165, 1.54) is 12.1 Å². The molecular weight excluding hydrogens is 333 g/mol. The average Bonchev–Trinajstić information content (AvgIpc) is 2.42. The van der Waals surface area contributed by atoms with Crippen LogP contribution in [0.15, 0.2) is 16.6 Å². The highest BCUT2D eigenvalue weighted by molar-refractivity contribution is 9.10. The number of carbonyl (C=O) groups is 1. The summed E-state index contributed by atoms with van der Waals surface area (Å²) in [5.74, 6) is -1.78. The third-order valence-corrected chi connectivity index (χ3v) is 3.54. The molecule has 1 aromatic carbocycles. The highest BCUT2D eigenvalue weighted by atomic mass is 79.9. The fourth-order valence-corrected chi connectivity index (χ4v) is 2.21. The van der Waals surface area contributed by atoms with Crippen molar-refractivity contribution in [3.63, 3.8) is 0 Å². The number of rotatable bonds is 8. The van der Waals surface area contributed by atoms with Gasteiger partial charge in [-0.3, -0.25) is 0 Å². The van der Waals surface area contributed by atoms with E-state index in [9.17, 15) is 9.18 Å². The van der Waals surface area contributed by atoms with E-state index in [4.69, 9.17) is 14.6 Å². The van der Waals surface area contributed by atoms with Crippen molar-refractivity contribution in [2.75, 3.05) is 45.4 Å². The molecule has 0 spiro atoms. The summed E-state index contributed by atoms with van der Waals surface area (Å²) in [5, 5.41) is 8.95. The molecule has 1 rings (SSSR count). The highest BCUT2D eigenvalue weighted by Crippen LogP contribution is 2.29. The van der Waals surface area contributed by atoms with Gasteiger partial charge in [-0.15, -0.1) is 0 Å². The van der Waals surface area contributed by atoms with Gasteiger partial charge in [0.25, 0.3) is 0 Å². The lowest BCUT2D eigenvalue weighted by Gasteiger charge is -2.25. The summed E-state index contributed by atoms with van der Waals surface area (Å²) in [5.41, 5.74) is 0.209. The Morgan fingerprint density at radius 1 is 1.30 bits per heavy atom. The zero-order valence-electron chi connectivity index (χ0n) is 11.4. The minimum absolute atomic E-state index is 0.0534. The second-order valence-corrected chi connectivity index (χ2v) is 4.83. The molecule has 0 heterocycles. The lowest BCUT2D eigenvalue weighted by Crippen LogP contribution is -2.31. The van der Waals surface area contributed by atoms with Crippen LogP contribution in [-0.2, 0) is 9.47 Å². The average molecular weight is 350 g/mol. The molecule has 0 bridgehead atoms. The van der Waals surface area contributed by atoms with Gasteiger partial charge in [0, 0.05) is 27.3 Å². The van der Waals surface area contributed by atoms with Crippen molar-refractivity contribution in [2.24, 2.45) is 0 Å². The van der Waals surface area contributed by atoms with Crippen LogP contribution in [0.25, 0.3) is 0 Å². The van der Waals surface area contributed by atoms with Crippen LogP contribution in [0.1, 0.15) is 10.4 Å². The molecule has 0 radical (unpaired) electrons. The van der Waals surface area contributed by atoms with Crippen molar-refractivity contribution in [2.45, 2.75) is 0 Å². The number of anilines is 1. The second-order valence-electron chi connectivity index (χ2n) is 4.04. The van der Waals surface area contributed by atoms with Crippen LogP contribution in [0.3, 0.4) is 0 Å². The molecule has 0 saturated heterocycles. The van der Waals surface area contributed by atoms with Crippen LogP contribution in [0.2, 0.25) is 0 Å². The lowest BCUT2D eigenvalue weighted by atomic mass is 10.2. The number of hydrogen-bond donors (Lipinski definition) is 1. The standard InChI is InChI=1S/C13H17BrFNO4/c1-19-7-5-16(6-8-20-2)10-4-3-9(13(17)18)11(14)12(10)15/h3-4H,5-8H2,1-2H3,(H,17,18). The number of halogens is 2. The van der Waals surface area contributed by atoms with Crippen molar-refractivity contribution in [3.8, 4) is 0 Å². The van der Waals surface area contributed by atoms with E-state index in [0.717, 1.165) is 0 Å². The molecule has 0 saturated carbocycles. The van der Waals surface area contributed by atoms with Gasteiger partial charge < -0.3 is 19.5 Å². The first-order chi connectivity index (χ1) is 9.52. The largest absolute Gasteiger partial charge is 0.478 e. The van der Waals surface area contributed by atoms with Crippen molar-refractivity contribution >= 4 is 27.6 Å². The minimum Gasteiger partial charge on any atom is -0.478 e. The van der Waals surface area contributed by atoms with Crippen LogP contribution >= 0.6 is 15.9 Å². The molecule has 5 nitrogen and oxygen atoms in total. The fraction of sp³-hybridized carbons (Fsp3) is 0.462. The Kier molecular flexibility index (Phi) is 6.90. The quantitative estimate of drug-likeness (QED) is 0.780. The van der Waals surface area contributed by atoms with Gasteiger partial charge in [-0.1, -0.05) is 0 Å². The summed E-state index contributed by atoms with van der Waals surface area (Å²) in [6, 6.07) is 2.83. The fourth-order valence-electron chi connectivity index (χ4n) is 1.70. The van der Waals surface area contributed by atoms with Gasteiger partial charge in [0.1, 0.15) is 0 Å². The number of carboxylic acid groups (broad SMARTS) is 1. The molecule has 0 unspecified atom stereocenters. The van der Waals surface area contributed by atoms with Crippen LogP contribution in [0.4, 0.5) is 10.1 Å². The third-order valence-electron chi connectivity index (χ3n) is 2.76. The number of aromatic carboxylic acids is 1. The molecule has 7 heteroatoms. The first-order valence-electron chi connectivity index (χ1n) is 5.97. The summed E-state index contributed by atoms with van der Waals surface area (Å²) < 4.78 is 24.2. The summed E-state index contributed by atoms with van der Waals surface area (Å²) in [6.45, 7) is 1.83. The molecule has 1 aromatic rings. The SMILES string of the molecule is COCCN(CCOC)c1ccc(C(=O)O)c(Br)c1F. The van der Waals surface area contributed by atoms with Gasteiger partial charge in [-0.2, -0.15) is 0 Å². The topological polar surface area (TPSA) is 59.0 Å². The number of ether oxygens (including phenoxy) is 2. The van der Waals surface area contributed by atoms with Crippen molar-refractivity contribution in [3.05, 3.63) is 28.0 Å². The second kappa shape index (κ2) is 8.18. The predicted octanol–water partition coefficient (Wildman–Crippen LogP) is 2.39. The zero-order chi connectivity index (χ0) is 15.1. The zero-order valence-corrected chi connectivity index (χ0v) is 12.9. The van der Waals surface area contributed by atoms with Gasteiger partial charge in [0.15, 0.2) is 5.82 Å². The Morgan fingerprint density at radius 2 is 1.85 bits per heavy atom. The number of benzene rings is 1. The molecule has 20 heavy (non-hydrogen) atoms. The molecule has 0 aliphatic heterocycles. The molecule has 0 aromatic heterocycles. The Labute approximate surface area is 125 Å².